The summed E-state index contributed by atoms with van der Waals surface area (Å²) in [5.41, 5.74) is 1.15. The van der Waals surface area contributed by atoms with E-state index in [1.165, 1.54) is 18.2 Å². The van der Waals surface area contributed by atoms with Gasteiger partial charge in [0, 0.05) is 42.9 Å². The maximum atomic E-state index is 12.5. The first-order chi connectivity index (χ1) is 13.9. The number of H-pyrrole nitrogens is 1. The Bertz CT molecular complexity index is 1130. The minimum Gasteiger partial charge on any atom is -0.355 e. The average molecular weight is 413 g/mol. The second-order valence-electron chi connectivity index (χ2n) is 7.79. The third-order valence-electron chi connectivity index (χ3n) is 5.79. The molecule has 29 heavy (non-hydrogen) atoms. The molecular weight excluding hydrogens is 396 g/mol. The summed E-state index contributed by atoms with van der Waals surface area (Å²) in [6, 6.07) is 5.94. The van der Waals surface area contributed by atoms with Crippen LogP contribution in [0.1, 0.15) is 23.2 Å². The number of carbonyl (C=O) groups is 1. The lowest BCUT2D eigenvalue weighted by atomic mass is 9.60. The van der Waals surface area contributed by atoms with Crippen LogP contribution in [0.5, 0.6) is 0 Å². The number of anilines is 1. The molecule has 0 unspecified atom stereocenters. The van der Waals surface area contributed by atoms with Crippen molar-refractivity contribution in [3.63, 3.8) is 0 Å². The molecule has 2 N–H and O–H groups in total. The highest BCUT2D eigenvalue weighted by Gasteiger charge is 2.53. The lowest BCUT2D eigenvalue weighted by Gasteiger charge is -2.59. The van der Waals surface area contributed by atoms with Gasteiger partial charge in [-0.05, 0) is 25.0 Å². The Balaban J connectivity index is 1.19. The van der Waals surface area contributed by atoms with Crippen LogP contribution in [0.25, 0.3) is 11.0 Å². The number of carbonyl (C=O) groups excluding carboxylic acids is 1. The Morgan fingerprint density at radius 1 is 1.31 bits per heavy atom. The summed E-state index contributed by atoms with van der Waals surface area (Å²) in [6.45, 7) is 1.80. The van der Waals surface area contributed by atoms with Crippen LogP contribution < -0.4 is 10.2 Å². The van der Waals surface area contributed by atoms with E-state index >= 15 is 0 Å². The highest BCUT2D eigenvalue weighted by Crippen LogP contribution is 2.50. The second-order valence-corrected chi connectivity index (χ2v) is 8.20. The number of fused-ring (bicyclic) bond motifs is 1. The van der Waals surface area contributed by atoms with Crippen LogP contribution in [0.2, 0.25) is 5.02 Å². The van der Waals surface area contributed by atoms with Gasteiger partial charge < -0.3 is 15.2 Å². The van der Waals surface area contributed by atoms with Crippen LogP contribution >= 0.6 is 11.6 Å². The molecule has 0 bridgehead atoms. The molecule has 0 radical (unpaired) electrons. The molecule has 2 aliphatic rings. The van der Waals surface area contributed by atoms with Gasteiger partial charge in [-0.25, -0.2) is 9.97 Å². The van der Waals surface area contributed by atoms with Crippen LogP contribution in [-0.4, -0.2) is 44.9 Å². The number of hydrogen-bond acceptors (Lipinski definition) is 6. The molecule has 1 saturated heterocycles. The molecule has 9 nitrogen and oxygen atoms in total. The molecule has 2 aromatic heterocycles. The Labute approximate surface area is 170 Å². The van der Waals surface area contributed by atoms with Crippen molar-refractivity contribution in [3.05, 3.63) is 57.5 Å². The number of rotatable bonds is 4. The number of halogens is 1. The van der Waals surface area contributed by atoms with Crippen molar-refractivity contribution in [3.8, 4) is 0 Å². The fourth-order valence-electron chi connectivity index (χ4n) is 4.43. The number of benzene rings is 1. The van der Waals surface area contributed by atoms with Crippen molar-refractivity contribution < 1.29 is 9.72 Å². The lowest BCUT2D eigenvalue weighted by Crippen LogP contribution is -2.66. The summed E-state index contributed by atoms with van der Waals surface area (Å²) in [4.78, 5) is 36.7. The third kappa shape index (κ3) is 2.98. The molecule has 148 valence electrons. The van der Waals surface area contributed by atoms with E-state index in [-0.39, 0.29) is 33.6 Å². The number of aromatic nitrogens is 3. The molecule has 2 fully saturated rings. The van der Waals surface area contributed by atoms with E-state index < -0.39 is 4.92 Å². The highest BCUT2D eigenvalue weighted by atomic mass is 35.5. The topological polar surface area (TPSA) is 117 Å². The fraction of sp³-hybridized carbons (Fsp3) is 0.316. The van der Waals surface area contributed by atoms with Crippen LogP contribution in [0, 0.1) is 15.5 Å². The molecule has 1 amide bonds. The number of nitro benzene ring substituents is 1. The minimum absolute atomic E-state index is 0.0774. The molecule has 10 heteroatoms. The zero-order chi connectivity index (χ0) is 20.2. The van der Waals surface area contributed by atoms with Crippen LogP contribution in [0.3, 0.4) is 0 Å². The van der Waals surface area contributed by atoms with Gasteiger partial charge >= 0.3 is 0 Å². The van der Waals surface area contributed by atoms with Crippen molar-refractivity contribution in [2.24, 2.45) is 5.41 Å². The Morgan fingerprint density at radius 3 is 2.83 bits per heavy atom. The number of nitrogens with one attached hydrogen (secondary N) is 2. The lowest BCUT2D eigenvalue weighted by molar-refractivity contribution is -0.384. The van der Waals surface area contributed by atoms with Gasteiger partial charge in [-0.1, -0.05) is 11.6 Å². The van der Waals surface area contributed by atoms with Crippen molar-refractivity contribution in [1.82, 2.24) is 20.3 Å². The van der Waals surface area contributed by atoms with Crippen molar-refractivity contribution in [2.75, 3.05) is 18.0 Å². The van der Waals surface area contributed by atoms with Gasteiger partial charge in [-0.15, -0.1) is 0 Å². The van der Waals surface area contributed by atoms with Crippen LogP contribution in [-0.2, 0) is 0 Å². The standard InChI is InChI=1S/C19H17ClN6O3/c20-15-5-12(26(28)29)1-2-13(15)18(27)24-11-6-19(7-11)8-25(9-19)17-14-3-4-21-16(14)22-10-23-17/h1-5,10-11H,6-9H2,(H,24,27)(H,21,22,23). The molecular formula is C19H17ClN6O3. The molecule has 1 aromatic carbocycles. The Hall–Kier alpha value is -3.20. The Kier molecular flexibility index (Phi) is 3.95. The molecule has 5 rings (SSSR count). The average Bonchev–Trinajstić information content (AvgIpc) is 3.11. The van der Waals surface area contributed by atoms with E-state index in [9.17, 15) is 14.9 Å². The molecule has 1 aliphatic carbocycles. The van der Waals surface area contributed by atoms with Gasteiger partial charge in [0.2, 0.25) is 0 Å². The zero-order valence-electron chi connectivity index (χ0n) is 15.3. The van der Waals surface area contributed by atoms with E-state index in [0.717, 1.165) is 42.8 Å². The molecule has 1 saturated carbocycles. The second kappa shape index (κ2) is 6.41. The summed E-state index contributed by atoms with van der Waals surface area (Å²) in [6.07, 6.45) is 5.20. The van der Waals surface area contributed by atoms with Gasteiger partial charge in [-0.2, -0.15) is 0 Å². The smallest absolute Gasteiger partial charge is 0.270 e. The van der Waals surface area contributed by atoms with E-state index in [1.807, 2.05) is 12.3 Å². The van der Waals surface area contributed by atoms with Gasteiger partial charge in [0.15, 0.2) is 0 Å². The quantitative estimate of drug-likeness (QED) is 0.502. The maximum absolute atomic E-state index is 12.5. The fourth-order valence-corrected chi connectivity index (χ4v) is 4.70. The van der Waals surface area contributed by atoms with Crippen LogP contribution in [0.4, 0.5) is 11.5 Å². The van der Waals surface area contributed by atoms with Gasteiger partial charge in [0.1, 0.15) is 17.8 Å². The molecule has 1 aliphatic heterocycles. The van der Waals surface area contributed by atoms with Crippen molar-refractivity contribution in [1.29, 1.82) is 0 Å². The van der Waals surface area contributed by atoms with E-state index in [1.54, 1.807) is 6.33 Å². The summed E-state index contributed by atoms with van der Waals surface area (Å²) in [5, 5.41) is 14.9. The highest BCUT2D eigenvalue weighted by molar-refractivity contribution is 6.34. The number of aromatic amines is 1. The SMILES string of the molecule is O=C(NC1CC2(C1)CN(c1ncnc3[nH]ccc13)C2)c1ccc([N+](=O)[O-])cc1Cl. The first-order valence-corrected chi connectivity index (χ1v) is 9.60. The van der Waals surface area contributed by atoms with E-state index in [4.69, 9.17) is 11.6 Å². The van der Waals surface area contributed by atoms with Gasteiger partial charge in [0.05, 0.1) is 20.9 Å². The normalized spacial score (nSPS) is 17.8. The number of nitro groups is 1. The first kappa shape index (κ1) is 17.9. The van der Waals surface area contributed by atoms with Crippen molar-refractivity contribution >= 4 is 40.0 Å². The zero-order valence-corrected chi connectivity index (χ0v) is 16.0. The molecule has 3 heterocycles. The predicted octanol–water partition coefficient (Wildman–Crippen LogP) is 2.92. The maximum Gasteiger partial charge on any atom is 0.270 e. The molecule has 1 spiro atoms. The predicted molar refractivity (Wildman–Crippen MR) is 107 cm³/mol. The summed E-state index contributed by atoms with van der Waals surface area (Å²) in [5.74, 6) is 0.637. The first-order valence-electron chi connectivity index (χ1n) is 9.22. The van der Waals surface area contributed by atoms with Gasteiger partial charge in [0.25, 0.3) is 11.6 Å². The molecule has 0 atom stereocenters. The number of hydrogen-bond donors (Lipinski definition) is 2. The summed E-state index contributed by atoms with van der Waals surface area (Å²) >= 11 is 6.05. The monoisotopic (exact) mass is 412 g/mol. The van der Waals surface area contributed by atoms with Gasteiger partial charge in [-0.3, -0.25) is 14.9 Å². The number of non-ortho nitro benzene ring substituents is 1. The van der Waals surface area contributed by atoms with E-state index in [2.05, 4.69) is 25.2 Å². The minimum atomic E-state index is -0.537. The van der Waals surface area contributed by atoms with Crippen LogP contribution in [0.15, 0.2) is 36.8 Å². The summed E-state index contributed by atoms with van der Waals surface area (Å²) < 4.78 is 0. The van der Waals surface area contributed by atoms with E-state index in [0.29, 0.717) is 0 Å². The third-order valence-corrected chi connectivity index (χ3v) is 6.10. The molecule has 3 aromatic rings. The summed E-state index contributed by atoms with van der Waals surface area (Å²) in [7, 11) is 0. The number of nitrogens with zero attached hydrogens (tertiary/aromatic N) is 4. The Morgan fingerprint density at radius 2 is 2.10 bits per heavy atom. The number of amides is 1. The largest absolute Gasteiger partial charge is 0.355 e. The van der Waals surface area contributed by atoms with Crippen molar-refractivity contribution in [2.45, 2.75) is 18.9 Å².